The van der Waals surface area contributed by atoms with Crippen LogP contribution in [-0.4, -0.2) is 34.2 Å². The molecule has 22 heavy (non-hydrogen) atoms. The number of aromatic nitrogens is 2. The van der Waals surface area contributed by atoms with Gasteiger partial charge in [0.05, 0.1) is 12.3 Å². The summed E-state index contributed by atoms with van der Waals surface area (Å²) in [7, 11) is 1.60. The van der Waals surface area contributed by atoms with Gasteiger partial charge in [-0.1, -0.05) is 34.6 Å². The number of carbonyl (C=O) groups is 1. The van der Waals surface area contributed by atoms with Gasteiger partial charge in [-0.05, 0) is 12.3 Å². The maximum Gasteiger partial charge on any atom is 0.326 e. The van der Waals surface area contributed by atoms with Crippen molar-refractivity contribution in [2.75, 3.05) is 12.4 Å². The van der Waals surface area contributed by atoms with Crippen LogP contribution in [0.25, 0.3) is 0 Å². The Hall–Kier alpha value is -1.69. The lowest BCUT2D eigenvalue weighted by molar-refractivity contribution is -0.138. The van der Waals surface area contributed by atoms with Gasteiger partial charge in [0.2, 0.25) is 0 Å². The Morgan fingerprint density at radius 3 is 2.45 bits per heavy atom. The number of carboxylic acid groups (broad SMARTS) is 1. The Labute approximate surface area is 132 Å². The van der Waals surface area contributed by atoms with Gasteiger partial charge in [0.1, 0.15) is 17.7 Å². The summed E-state index contributed by atoms with van der Waals surface area (Å²) in [5.41, 5.74) is 0.510. The monoisotopic (exact) mass is 309 g/mol. The van der Waals surface area contributed by atoms with Gasteiger partial charge >= 0.3 is 5.97 Å². The van der Waals surface area contributed by atoms with Gasteiger partial charge in [-0.25, -0.2) is 14.8 Å². The normalized spacial score (nSPS) is 13.2. The molecule has 0 amide bonds. The lowest BCUT2D eigenvalue weighted by Crippen LogP contribution is -2.31. The van der Waals surface area contributed by atoms with E-state index >= 15 is 0 Å². The van der Waals surface area contributed by atoms with Crippen LogP contribution in [-0.2, 0) is 21.6 Å². The Morgan fingerprint density at radius 1 is 1.36 bits per heavy atom. The standard InChI is InChI=1S/C16H27N3O3/c1-10(2)7-12(14(20)21)18-13-8-11(9-22-6)17-15(19-13)16(3,4)5/h8,10,12H,7,9H2,1-6H3,(H,20,21)(H,17,18,19). The fourth-order valence-electron chi connectivity index (χ4n) is 2.00. The zero-order valence-electron chi connectivity index (χ0n) is 14.3. The first-order valence-electron chi connectivity index (χ1n) is 7.50. The van der Waals surface area contributed by atoms with Gasteiger partial charge in [0.15, 0.2) is 0 Å². The van der Waals surface area contributed by atoms with Crippen LogP contribution in [0, 0.1) is 5.92 Å². The molecule has 0 fully saturated rings. The van der Waals surface area contributed by atoms with Crippen LogP contribution in [0.4, 0.5) is 5.82 Å². The summed E-state index contributed by atoms with van der Waals surface area (Å²) < 4.78 is 5.13. The number of rotatable bonds is 7. The highest BCUT2D eigenvalue weighted by Crippen LogP contribution is 2.21. The average Bonchev–Trinajstić information content (AvgIpc) is 2.36. The molecule has 0 radical (unpaired) electrons. The summed E-state index contributed by atoms with van der Waals surface area (Å²) >= 11 is 0. The molecule has 1 heterocycles. The average molecular weight is 309 g/mol. The van der Waals surface area contributed by atoms with E-state index in [2.05, 4.69) is 15.3 Å². The summed E-state index contributed by atoms with van der Waals surface area (Å²) in [6, 6.07) is 1.08. The Morgan fingerprint density at radius 2 is 2.00 bits per heavy atom. The van der Waals surface area contributed by atoms with Crippen molar-refractivity contribution in [3.05, 3.63) is 17.6 Å². The van der Waals surface area contributed by atoms with Gasteiger partial charge < -0.3 is 15.2 Å². The highest BCUT2D eigenvalue weighted by molar-refractivity contribution is 5.76. The molecule has 1 aromatic rings. The van der Waals surface area contributed by atoms with Crippen molar-refractivity contribution in [1.82, 2.24) is 9.97 Å². The van der Waals surface area contributed by atoms with Crippen molar-refractivity contribution in [3.63, 3.8) is 0 Å². The van der Waals surface area contributed by atoms with Crippen molar-refractivity contribution < 1.29 is 14.6 Å². The highest BCUT2D eigenvalue weighted by atomic mass is 16.5. The van der Waals surface area contributed by atoms with Crippen LogP contribution in [0.15, 0.2) is 6.07 Å². The number of anilines is 1. The quantitative estimate of drug-likeness (QED) is 0.805. The summed E-state index contributed by atoms with van der Waals surface area (Å²) in [4.78, 5) is 20.4. The molecule has 0 aliphatic carbocycles. The predicted molar refractivity (Wildman–Crippen MR) is 85.9 cm³/mol. The molecule has 124 valence electrons. The number of hydrogen-bond donors (Lipinski definition) is 2. The minimum atomic E-state index is -0.877. The second kappa shape index (κ2) is 7.54. The number of ether oxygens (including phenoxy) is 1. The molecule has 6 nitrogen and oxygen atoms in total. The third-order valence-corrected chi connectivity index (χ3v) is 3.07. The molecular weight excluding hydrogens is 282 g/mol. The van der Waals surface area contributed by atoms with Crippen LogP contribution < -0.4 is 5.32 Å². The first-order valence-corrected chi connectivity index (χ1v) is 7.50. The van der Waals surface area contributed by atoms with E-state index in [0.717, 1.165) is 5.69 Å². The maximum absolute atomic E-state index is 11.4. The van der Waals surface area contributed by atoms with Gasteiger partial charge in [-0.3, -0.25) is 0 Å². The first kappa shape index (κ1) is 18.4. The fourth-order valence-corrected chi connectivity index (χ4v) is 2.00. The van der Waals surface area contributed by atoms with Crippen molar-refractivity contribution in [1.29, 1.82) is 0 Å². The number of methoxy groups -OCH3 is 1. The van der Waals surface area contributed by atoms with Crippen LogP contribution in [0.1, 0.15) is 52.6 Å². The molecule has 0 spiro atoms. The molecular formula is C16H27N3O3. The lowest BCUT2D eigenvalue weighted by atomic mass is 9.95. The van der Waals surface area contributed by atoms with Gasteiger partial charge in [-0.15, -0.1) is 0 Å². The van der Waals surface area contributed by atoms with Crippen molar-refractivity contribution in [2.24, 2.45) is 5.92 Å². The van der Waals surface area contributed by atoms with Crippen LogP contribution >= 0.6 is 0 Å². The van der Waals surface area contributed by atoms with Crippen molar-refractivity contribution >= 4 is 11.8 Å². The third kappa shape index (κ3) is 5.60. The van der Waals surface area contributed by atoms with Gasteiger partial charge in [0, 0.05) is 18.6 Å². The molecule has 0 aromatic carbocycles. The maximum atomic E-state index is 11.4. The molecule has 0 saturated carbocycles. The van der Waals surface area contributed by atoms with E-state index in [-0.39, 0.29) is 11.3 Å². The molecule has 0 aliphatic heterocycles. The minimum absolute atomic E-state index is 0.225. The molecule has 0 bridgehead atoms. The largest absolute Gasteiger partial charge is 0.480 e. The van der Waals surface area contributed by atoms with E-state index in [0.29, 0.717) is 24.7 Å². The van der Waals surface area contributed by atoms with E-state index in [1.807, 2.05) is 34.6 Å². The number of nitrogens with zero attached hydrogens (tertiary/aromatic N) is 2. The molecule has 2 N–H and O–H groups in total. The predicted octanol–water partition coefficient (Wildman–Crippen LogP) is 2.83. The molecule has 1 unspecified atom stereocenters. The molecule has 0 saturated heterocycles. The molecule has 0 aliphatic rings. The molecule has 1 rings (SSSR count). The smallest absolute Gasteiger partial charge is 0.326 e. The van der Waals surface area contributed by atoms with Gasteiger partial charge in [-0.2, -0.15) is 0 Å². The van der Waals surface area contributed by atoms with E-state index in [1.54, 1.807) is 13.2 Å². The van der Waals surface area contributed by atoms with Crippen LogP contribution in [0.5, 0.6) is 0 Å². The fraction of sp³-hybridized carbons (Fsp3) is 0.688. The highest BCUT2D eigenvalue weighted by Gasteiger charge is 2.22. The summed E-state index contributed by atoms with van der Waals surface area (Å²) in [5.74, 6) is 0.590. The summed E-state index contributed by atoms with van der Waals surface area (Å²) in [5, 5.41) is 12.4. The Bertz CT molecular complexity index is 510. The number of hydrogen-bond acceptors (Lipinski definition) is 5. The third-order valence-electron chi connectivity index (χ3n) is 3.07. The van der Waals surface area contributed by atoms with E-state index < -0.39 is 12.0 Å². The lowest BCUT2D eigenvalue weighted by Gasteiger charge is -2.21. The Balaban J connectivity index is 3.10. The second-order valence-electron chi connectivity index (χ2n) is 6.92. The number of aliphatic carboxylic acids is 1. The topological polar surface area (TPSA) is 84.3 Å². The first-order chi connectivity index (χ1) is 10.1. The van der Waals surface area contributed by atoms with E-state index in [1.165, 1.54) is 0 Å². The summed E-state index contributed by atoms with van der Waals surface area (Å²) in [6.07, 6.45) is 0.532. The van der Waals surface area contributed by atoms with Crippen molar-refractivity contribution in [3.8, 4) is 0 Å². The van der Waals surface area contributed by atoms with Crippen LogP contribution in [0.2, 0.25) is 0 Å². The molecule has 1 aromatic heterocycles. The Kier molecular flexibility index (Phi) is 6.29. The van der Waals surface area contributed by atoms with E-state index in [9.17, 15) is 9.90 Å². The SMILES string of the molecule is COCc1cc(NC(CC(C)C)C(=O)O)nc(C(C)(C)C)n1. The van der Waals surface area contributed by atoms with Gasteiger partial charge in [0.25, 0.3) is 0 Å². The zero-order chi connectivity index (χ0) is 16.9. The van der Waals surface area contributed by atoms with Crippen LogP contribution in [0.3, 0.4) is 0 Å². The van der Waals surface area contributed by atoms with E-state index in [4.69, 9.17) is 4.74 Å². The van der Waals surface area contributed by atoms with Crippen molar-refractivity contribution in [2.45, 2.75) is 59.1 Å². The number of carboxylic acids is 1. The second-order valence-corrected chi connectivity index (χ2v) is 6.92. The molecule has 1 atom stereocenters. The minimum Gasteiger partial charge on any atom is -0.480 e. The molecule has 6 heteroatoms. The summed E-state index contributed by atoms with van der Waals surface area (Å²) in [6.45, 7) is 10.4. The zero-order valence-corrected chi connectivity index (χ0v) is 14.3. The number of nitrogens with one attached hydrogen (secondary N) is 1.